The van der Waals surface area contributed by atoms with E-state index >= 15 is 0 Å². The molecule has 1 aliphatic rings. The number of carboxylic acids is 1. The number of ether oxygens (including phenoxy) is 1. The Morgan fingerprint density at radius 2 is 2.31 bits per heavy atom. The normalized spacial score (nSPS) is 13.8. The van der Waals surface area contributed by atoms with Crippen molar-refractivity contribution in [1.82, 2.24) is 0 Å². The number of hydrogen-bond acceptors (Lipinski definition) is 3. The van der Waals surface area contributed by atoms with Gasteiger partial charge in [0.25, 0.3) is 0 Å². The molecule has 16 heavy (non-hydrogen) atoms. The highest BCUT2D eigenvalue weighted by Gasteiger charge is 2.09. The first-order chi connectivity index (χ1) is 7.75. The number of aliphatic carboxylic acids is 1. The van der Waals surface area contributed by atoms with Crippen molar-refractivity contribution < 1.29 is 14.6 Å². The third-order valence-corrected chi connectivity index (χ3v) is 2.13. The fraction of sp³-hybridized carbons (Fsp3) is 0.0833. The van der Waals surface area contributed by atoms with Crippen LogP contribution in [0.25, 0.3) is 6.08 Å². The highest BCUT2D eigenvalue weighted by atomic mass is 16.5. The van der Waals surface area contributed by atoms with Gasteiger partial charge in [0.15, 0.2) is 6.73 Å². The minimum atomic E-state index is -0.953. The molecular formula is C12H11NO3. The van der Waals surface area contributed by atoms with E-state index in [4.69, 9.17) is 9.84 Å². The van der Waals surface area contributed by atoms with Gasteiger partial charge in [-0.25, -0.2) is 4.79 Å². The van der Waals surface area contributed by atoms with Crippen molar-refractivity contribution in [2.75, 3.05) is 12.0 Å². The van der Waals surface area contributed by atoms with E-state index in [9.17, 15) is 4.79 Å². The summed E-state index contributed by atoms with van der Waals surface area (Å²) < 4.78 is 5.33. The molecule has 0 atom stereocenters. The minimum absolute atomic E-state index is 0.501. The second kappa shape index (κ2) is 4.53. The second-order valence-electron chi connectivity index (χ2n) is 3.28. The van der Waals surface area contributed by atoms with Crippen LogP contribution in [0.5, 0.6) is 5.75 Å². The Hall–Kier alpha value is -2.23. The summed E-state index contributed by atoms with van der Waals surface area (Å²) in [5.74, 6) is -0.129. The number of allylic oxidation sites excluding steroid dienone is 2. The molecule has 1 aromatic rings. The van der Waals surface area contributed by atoms with Crippen LogP contribution in [0.1, 0.15) is 5.56 Å². The van der Waals surface area contributed by atoms with Crippen molar-refractivity contribution in [3.63, 3.8) is 0 Å². The van der Waals surface area contributed by atoms with Crippen molar-refractivity contribution in [3.05, 3.63) is 42.0 Å². The number of fused-ring (bicyclic) bond motifs is 1. The first kappa shape index (κ1) is 10.3. The number of benzene rings is 1. The average molecular weight is 217 g/mol. The zero-order chi connectivity index (χ0) is 11.4. The molecule has 2 N–H and O–H groups in total. The predicted octanol–water partition coefficient (Wildman–Crippen LogP) is 2.10. The highest BCUT2D eigenvalue weighted by molar-refractivity contribution is 5.80. The van der Waals surface area contributed by atoms with Crippen LogP contribution in [-0.2, 0) is 4.79 Å². The van der Waals surface area contributed by atoms with Gasteiger partial charge in [0.05, 0.1) is 5.69 Å². The van der Waals surface area contributed by atoms with Gasteiger partial charge in [-0.3, -0.25) is 0 Å². The molecule has 0 saturated carbocycles. The minimum Gasteiger partial charge on any atom is -0.478 e. The molecule has 82 valence electrons. The van der Waals surface area contributed by atoms with Crippen molar-refractivity contribution in [1.29, 1.82) is 0 Å². The molecule has 0 saturated heterocycles. The summed E-state index contributed by atoms with van der Waals surface area (Å²) in [6.45, 7) is 0.501. The van der Waals surface area contributed by atoms with E-state index in [0.29, 0.717) is 6.73 Å². The lowest BCUT2D eigenvalue weighted by atomic mass is 10.2. The number of carboxylic acid groups (broad SMARTS) is 1. The Kier molecular flexibility index (Phi) is 2.91. The van der Waals surface area contributed by atoms with Crippen molar-refractivity contribution in [2.45, 2.75) is 0 Å². The lowest BCUT2D eigenvalue weighted by Crippen LogP contribution is -1.96. The molecule has 0 unspecified atom stereocenters. The van der Waals surface area contributed by atoms with Crippen LogP contribution in [-0.4, -0.2) is 17.8 Å². The lowest BCUT2D eigenvalue weighted by molar-refractivity contribution is -0.131. The Bertz CT molecular complexity index is 463. The SMILES string of the molecule is O=C(O)C=CC=Cc1ccc2c(c1)OCN2. The summed E-state index contributed by atoms with van der Waals surface area (Å²) >= 11 is 0. The third-order valence-electron chi connectivity index (χ3n) is 2.13. The fourth-order valence-corrected chi connectivity index (χ4v) is 1.40. The Labute approximate surface area is 92.9 Å². The van der Waals surface area contributed by atoms with Gasteiger partial charge in [-0.05, 0) is 17.7 Å². The second-order valence-corrected chi connectivity index (χ2v) is 3.28. The molecule has 0 aliphatic carbocycles. The summed E-state index contributed by atoms with van der Waals surface area (Å²) in [6, 6.07) is 5.77. The van der Waals surface area contributed by atoms with Gasteiger partial charge in [0, 0.05) is 6.08 Å². The summed E-state index contributed by atoms with van der Waals surface area (Å²) in [5, 5.41) is 11.5. The van der Waals surface area contributed by atoms with E-state index in [2.05, 4.69) is 5.32 Å². The van der Waals surface area contributed by atoms with Gasteiger partial charge in [-0.2, -0.15) is 0 Å². The van der Waals surface area contributed by atoms with Crippen LogP contribution in [0.15, 0.2) is 36.4 Å². The molecule has 4 nitrogen and oxygen atoms in total. The molecule has 2 rings (SSSR count). The summed E-state index contributed by atoms with van der Waals surface area (Å²) in [6.07, 6.45) is 6.07. The van der Waals surface area contributed by atoms with Crippen LogP contribution >= 0.6 is 0 Å². The molecular weight excluding hydrogens is 206 g/mol. The van der Waals surface area contributed by atoms with E-state index in [1.165, 1.54) is 6.08 Å². The van der Waals surface area contributed by atoms with E-state index in [1.54, 1.807) is 6.08 Å². The summed E-state index contributed by atoms with van der Waals surface area (Å²) in [7, 11) is 0. The zero-order valence-corrected chi connectivity index (χ0v) is 8.51. The van der Waals surface area contributed by atoms with E-state index in [1.807, 2.05) is 24.3 Å². The monoisotopic (exact) mass is 217 g/mol. The zero-order valence-electron chi connectivity index (χ0n) is 8.51. The number of rotatable bonds is 3. The van der Waals surface area contributed by atoms with Crippen molar-refractivity contribution >= 4 is 17.7 Å². The Morgan fingerprint density at radius 3 is 3.12 bits per heavy atom. The van der Waals surface area contributed by atoms with E-state index < -0.39 is 5.97 Å². The topological polar surface area (TPSA) is 58.6 Å². The molecule has 1 heterocycles. The lowest BCUT2D eigenvalue weighted by Gasteiger charge is -1.98. The quantitative estimate of drug-likeness (QED) is 0.601. The van der Waals surface area contributed by atoms with Crippen LogP contribution in [0, 0.1) is 0 Å². The standard InChI is InChI=1S/C12H11NO3/c14-12(15)4-2-1-3-9-5-6-10-11(7-9)16-8-13-10/h1-7,13H,8H2,(H,14,15). The van der Waals surface area contributed by atoms with Gasteiger partial charge in [0.1, 0.15) is 5.75 Å². The Morgan fingerprint density at radius 1 is 1.44 bits per heavy atom. The van der Waals surface area contributed by atoms with E-state index in [-0.39, 0.29) is 0 Å². The molecule has 0 radical (unpaired) electrons. The first-order valence-corrected chi connectivity index (χ1v) is 4.84. The number of anilines is 1. The molecule has 1 aromatic carbocycles. The van der Waals surface area contributed by atoms with Crippen molar-refractivity contribution in [3.8, 4) is 5.75 Å². The van der Waals surface area contributed by atoms with Gasteiger partial charge in [-0.1, -0.05) is 24.3 Å². The molecule has 1 aliphatic heterocycles. The first-order valence-electron chi connectivity index (χ1n) is 4.84. The highest BCUT2D eigenvalue weighted by Crippen LogP contribution is 2.30. The van der Waals surface area contributed by atoms with Crippen LogP contribution in [0.3, 0.4) is 0 Å². The van der Waals surface area contributed by atoms with Crippen LogP contribution in [0.4, 0.5) is 5.69 Å². The molecule has 0 bridgehead atoms. The third kappa shape index (κ3) is 2.42. The predicted molar refractivity (Wildman–Crippen MR) is 61.4 cm³/mol. The smallest absolute Gasteiger partial charge is 0.328 e. The summed E-state index contributed by atoms with van der Waals surface area (Å²) in [4.78, 5) is 10.2. The molecule has 0 spiro atoms. The van der Waals surface area contributed by atoms with Crippen LogP contribution < -0.4 is 10.1 Å². The van der Waals surface area contributed by atoms with Gasteiger partial charge in [-0.15, -0.1) is 0 Å². The molecule has 0 fully saturated rings. The van der Waals surface area contributed by atoms with Gasteiger partial charge < -0.3 is 15.2 Å². The van der Waals surface area contributed by atoms with Gasteiger partial charge >= 0.3 is 5.97 Å². The maximum Gasteiger partial charge on any atom is 0.328 e. The fourth-order valence-electron chi connectivity index (χ4n) is 1.40. The van der Waals surface area contributed by atoms with Crippen LogP contribution in [0.2, 0.25) is 0 Å². The summed E-state index contributed by atoms with van der Waals surface area (Å²) in [5.41, 5.74) is 1.95. The number of nitrogens with one attached hydrogen (secondary N) is 1. The maximum atomic E-state index is 10.2. The molecule has 0 aromatic heterocycles. The van der Waals surface area contributed by atoms with Gasteiger partial charge in [0.2, 0.25) is 0 Å². The largest absolute Gasteiger partial charge is 0.478 e. The average Bonchev–Trinajstić information content (AvgIpc) is 2.71. The van der Waals surface area contributed by atoms with E-state index in [0.717, 1.165) is 23.1 Å². The molecule has 0 amide bonds. The van der Waals surface area contributed by atoms with Crippen molar-refractivity contribution in [2.24, 2.45) is 0 Å². The molecule has 4 heteroatoms. The number of hydrogen-bond donors (Lipinski definition) is 2. The number of carbonyl (C=O) groups is 1. The Balaban J connectivity index is 2.08. The maximum absolute atomic E-state index is 10.2.